The summed E-state index contributed by atoms with van der Waals surface area (Å²) in [6.07, 6.45) is 3.70. The van der Waals surface area contributed by atoms with Crippen LogP contribution in [-0.2, 0) is 17.8 Å². The van der Waals surface area contributed by atoms with Crippen LogP contribution in [-0.4, -0.2) is 18.1 Å². The molecule has 0 spiro atoms. The Balaban J connectivity index is 2.10. The van der Waals surface area contributed by atoms with Crippen LogP contribution in [0.2, 0.25) is 0 Å². The minimum Gasteiger partial charge on any atom is -0.375 e. The third kappa shape index (κ3) is 2.62. The van der Waals surface area contributed by atoms with E-state index >= 15 is 0 Å². The van der Waals surface area contributed by atoms with Crippen molar-refractivity contribution in [3.8, 4) is 0 Å². The summed E-state index contributed by atoms with van der Waals surface area (Å²) in [5, 5.41) is 4.65. The van der Waals surface area contributed by atoms with Gasteiger partial charge in [0.1, 0.15) is 5.01 Å². The van der Waals surface area contributed by atoms with E-state index in [1.54, 1.807) is 0 Å². The lowest BCUT2D eigenvalue weighted by Gasteiger charge is -2.21. The average Bonchev–Trinajstić information content (AvgIpc) is 2.70. The molecule has 1 atom stereocenters. The summed E-state index contributed by atoms with van der Waals surface area (Å²) in [4.78, 5) is 6.18. The number of ether oxygens (including phenoxy) is 1. The second-order valence-corrected chi connectivity index (χ2v) is 5.22. The highest BCUT2D eigenvalue weighted by Gasteiger charge is 2.23. The maximum atomic E-state index is 5.42. The molecule has 1 unspecified atom stereocenters. The lowest BCUT2D eigenvalue weighted by Crippen LogP contribution is -2.24. The van der Waals surface area contributed by atoms with Gasteiger partial charge >= 0.3 is 0 Å². The number of rotatable bonds is 5. The Morgan fingerprint density at radius 1 is 1.50 bits per heavy atom. The predicted molar refractivity (Wildman–Crippen MR) is 66.8 cm³/mol. The van der Waals surface area contributed by atoms with Crippen LogP contribution in [0.5, 0.6) is 0 Å². The highest BCUT2D eigenvalue weighted by atomic mass is 32.1. The molecular formula is C12H20N2OS. The molecule has 16 heavy (non-hydrogen) atoms. The molecule has 0 saturated carbocycles. The Morgan fingerprint density at radius 3 is 3.12 bits per heavy atom. The van der Waals surface area contributed by atoms with Crippen molar-refractivity contribution < 1.29 is 4.74 Å². The maximum absolute atomic E-state index is 5.42. The fourth-order valence-electron chi connectivity index (χ4n) is 2.17. The van der Waals surface area contributed by atoms with E-state index in [1.807, 2.05) is 18.3 Å². The Hall–Kier alpha value is -0.450. The van der Waals surface area contributed by atoms with Gasteiger partial charge in [-0.05, 0) is 32.7 Å². The predicted octanol–water partition coefficient (Wildman–Crippen LogP) is 2.67. The zero-order chi connectivity index (χ0) is 11.4. The average molecular weight is 240 g/mol. The Morgan fingerprint density at radius 2 is 2.38 bits per heavy atom. The molecule has 0 bridgehead atoms. The third-order valence-electron chi connectivity index (χ3n) is 2.88. The number of hydrogen-bond donors (Lipinski definition) is 1. The van der Waals surface area contributed by atoms with Gasteiger partial charge in [0.2, 0.25) is 0 Å². The molecule has 3 nitrogen and oxygen atoms in total. The molecule has 90 valence electrons. The highest BCUT2D eigenvalue weighted by molar-refractivity contribution is 7.11. The van der Waals surface area contributed by atoms with Crippen LogP contribution in [0.1, 0.15) is 48.3 Å². The van der Waals surface area contributed by atoms with Gasteiger partial charge in [-0.25, -0.2) is 4.98 Å². The molecule has 1 aromatic rings. The van der Waals surface area contributed by atoms with Gasteiger partial charge in [-0.2, -0.15) is 0 Å². The number of aromatic nitrogens is 1. The Labute approximate surface area is 101 Å². The number of thiazole rings is 1. The molecule has 1 aliphatic rings. The maximum Gasteiger partial charge on any atom is 0.119 e. The van der Waals surface area contributed by atoms with Gasteiger partial charge in [0.15, 0.2) is 0 Å². The van der Waals surface area contributed by atoms with Crippen LogP contribution < -0.4 is 5.32 Å². The molecule has 1 aliphatic carbocycles. The van der Waals surface area contributed by atoms with Crippen LogP contribution in [0.4, 0.5) is 0 Å². The summed E-state index contributed by atoms with van der Waals surface area (Å²) in [5.74, 6) is 0. The fourth-order valence-corrected chi connectivity index (χ4v) is 3.27. The van der Waals surface area contributed by atoms with Gasteiger partial charge in [-0.3, -0.25) is 0 Å². The molecule has 0 amide bonds. The van der Waals surface area contributed by atoms with E-state index < -0.39 is 0 Å². The molecule has 4 heteroatoms. The lowest BCUT2D eigenvalue weighted by molar-refractivity contribution is 0.133. The second-order valence-electron chi connectivity index (χ2n) is 4.06. The normalized spacial score (nSPS) is 19.8. The summed E-state index contributed by atoms with van der Waals surface area (Å²) >= 11 is 1.83. The van der Waals surface area contributed by atoms with Crippen LogP contribution in [0.15, 0.2) is 0 Å². The highest BCUT2D eigenvalue weighted by Crippen LogP contribution is 2.33. The number of fused-ring (bicyclic) bond motifs is 1. The Bertz CT molecular complexity index is 338. The van der Waals surface area contributed by atoms with Gasteiger partial charge < -0.3 is 10.1 Å². The molecule has 0 aliphatic heterocycles. The zero-order valence-electron chi connectivity index (χ0n) is 10.1. The zero-order valence-corrected chi connectivity index (χ0v) is 10.9. The van der Waals surface area contributed by atoms with E-state index in [0.717, 1.165) is 18.2 Å². The monoisotopic (exact) mass is 240 g/mol. The summed E-state index contributed by atoms with van der Waals surface area (Å²) < 4.78 is 5.42. The van der Waals surface area contributed by atoms with Crippen molar-refractivity contribution in [3.63, 3.8) is 0 Å². The van der Waals surface area contributed by atoms with Crippen molar-refractivity contribution in [1.82, 2.24) is 10.3 Å². The van der Waals surface area contributed by atoms with Gasteiger partial charge in [-0.1, -0.05) is 6.92 Å². The third-order valence-corrected chi connectivity index (χ3v) is 3.98. The SMILES string of the molecule is CCNC1CCCc2sc(COCC)nc21. The fraction of sp³-hybridized carbons (Fsp3) is 0.750. The van der Waals surface area contributed by atoms with Crippen molar-refractivity contribution in [2.75, 3.05) is 13.2 Å². The molecule has 0 radical (unpaired) electrons. The summed E-state index contributed by atoms with van der Waals surface area (Å²) in [6, 6.07) is 0.473. The van der Waals surface area contributed by atoms with E-state index in [0.29, 0.717) is 12.6 Å². The second kappa shape index (κ2) is 5.75. The number of aryl methyl sites for hydroxylation is 1. The van der Waals surface area contributed by atoms with Crippen molar-refractivity contribution >= 4 is 11.3 Å². The summed E-state index contributed by atoms with van der Waals surface area (Å²) in [6.45, 7) is 6.63. The lowest BCUT2D eigenvalue weighted by atomic mass is 9.98. The number of hydrogen-bond acceptors (Lipinski definition) is 4. The van der Waals surface area contributed by atoms with E-state index in [1.165, 1.54) is 29.8 Å². The van der Waals surface area contributed by atoms with Gasteiger partial charge in [-0.15, -0.1) is 11.3 Å². The topological polar surface area (TPSA) is 34.1 Å². The first-order valence-electron chi connectivity index (χ1n) is 6.14. The Kier molecular flexibility index (Phi) is 4.32. The summed E-state index contributed by atoms with van der Waals surface area (Å²) in [5.41, 5.74) is 1.29. The van der Waals surface area contributed by atoms with E-state index in [2.05, 4.69) is 12.2 Å². The minimum absolute atomic E-state index is 0.473. The van der Waals surface area contributed by atoms with Crippen LogP contribution >= 0.6 is 11.3 Å². The van der Waals surface area contributed by atoms with Gasteiger partial charge in [0.05, 0.1) is 18.3 Å². The minimum atomic E-state index is 0.473. The van der Waals surface area contributed by atoms with Crippen molar-refractivity contribution in [3.05, 3.63) is 15.6 Å². The first kappa shape index (κ1) is 12.0. The number of nitrogens with zero attached hydrogens (tertiary/aromatic N) is 1. The smallest absolute Gasteiger partial charge is 0.119 e. The molecule has 0 fully saturated rings. The van der Waals surface area contributed by atoms with E-state index in [9.17, 15) is 0 Å². The first-order chi connectivity index (χ1) is 7.85. The molecule has 0 aromatic carbocycles. The van der Waals surface area contributed by atoms with E-state index in [-0.39, 0.29) is 0 Å². The number of nitrogens with one attached hydrogen (secondary N) is 1. The quantitative estimate of drug-likeness (QED) is 0.859. The summed E-state index contributed by atoms with van der Waals surface area (Å²) in [7, 11) is 0. The van der Waals surface area contributed by atoms with Crippen molar-refractivity contribution in [1.29, 1.82) is 0 Å². The molecule has 1 N–H and O–H groups in total. The van der Waals surface area contributed by atoms with E-state index in [4.69, 9.17) is 9.72 Å². The standard InChI is InChI=1S/C12H20N2OS/c1-3-13-9-6-5-7-10-12(9)14-11(16-10)8-15-4-2/h9,13H,3-8H2,1-2H3. The van der Waals surface area contributed by atoms with Crippen molar-refractivity contribution in [2.45, 2.75) is 45.8 Å². The van der Waals surface area contributed by atoms with Crippen LogP contribution in [0.25, 0.3) is 0 Å². The molecule has 0 saturated heterocycles. The molecule has 1 heterocycles. The molecular weight excluding hydrogens is 220 g/mol. The van der Waals surface area contributed by atoms with Crippen LogP contribution in [0.3, 0.4) is 0 Å². The van der Waals surface area contributed by atoms with Crippen molar-refractivity contribution in [2.24, 2.45) is 0 Å². The van der Waals surface area contributed by atoms with Crippen LogP contribution in [0, 0.1) is 0 Å². The molecule has 2 rings (SSSR count). The van der Waals surface area contributed by atoms with Gasteiger partial charge in [0, 0.05) is 11.5 Å². The molecule has 1 aromatic heterocycles. The first-order valence-corrected chi connectivity index (χ1v) is 6.96. The van der Waals surface area contributed by atoms with Gasteiger partial charge in [0.25, 0.3) is 0 Å². The largest absolute Gasteiger partial charge is 0.375 e.